The first-order valence-electron chi connectivity index (χ1n) is 9.11. The van der Waals surface area contributed by atoms with Crippen molar-refractivity contribution in [2.24, 2.45) is 5.73 Å². The van der Waals surface area contributed by atoms with Crippen LogP contribution >= 0.6 is 0 Å². The van der Waals surface area contributed by atoms with E-state index in [4.69, 9.17) is 5.73 Å². The van der Waals surface area contributed by atoms with E-state index in [9.17, 15) is 0 Å². The van der Waals surface area contributed by atoms with E-state index in [1.54, 1.807) is 0 Å². The number of nitrogens with zero attached hydrogens (tertiary/aromatic N) is 2. The summed E-state index contributed by atoms with van der Waals surface area (Å²) in [5, 5.41) is 0. The number of pyridine rings is 1. The van der Waals surface area contributed by atoms with E-state index in [1.807, 2.05) is 13.0 Å². The fraction of sp³-hybridized carbons (Fsp3) is 0.261. The van der Waals surface area contributed by atoms with Crippen molar-refractivity contribution in [1.29, 1.82) is 0 Å². The standard InChI is InChI=1S/C23H27N3/c1-18-5-3-7-22(13-18)16-26(17-23-8-4-6-19(2)25-23)15-21-11-9-20(14-24)10-12-21/h3-13H,14-17,24H2,1-2H3. The fourth-order valence-corrected chi connectivity index (χ4v) is 3.19. The zero-order valence-corrected chi connectivity index (χ0v) is 15.7. The maximum atomic E-state index is 5.72. The average Bonchev–Trinajstić information content (AvgIpc) is 2.62. The summed E-state index contributed by atoms with van der Waals surface area (Å²) in [6, 6.07) is 23.5. The van der Waals surface area contributed by atoms with E-state index in [2.05, 4.69) is 77.5 Å². The molecule has 1 heterocycles. The highest BCUT2D eigenvalue weighted by atomic mass is 15.1. The molecule has 0 fully saturated rings. The second-order valence-electron chi connectivity index (χ2n) is 6.93. The van der Waals surface area contributed by atoms with E-state index in [0.717, 1.165) is 31.0 Å². The normalized spacial score (nSPS) is 11.1. The minimum absolute atomic E-state index is 0.584. The molecule has 3 heteroatoms. The number of hydrogen-bond acceptors (Lipinski definition) is 3. The molecule has 2 aromatic carbocycles. The highest BCUT2D eigenvalue weighted by Crippen LogP contribution is 2.15. The van der Waals surface area contributed by atoms with Gasteiger partial charge in [-0.1, -0.05) is 60.2 Å². The maximum absolute atomic E-state index is 5.72. The maximum Gasteiger partial charge on any atom is 0.0547 e. The van der Waals surface area contributed by atoms with Crippen LogP contribution in [0.15, 0.2) is 66.7 Å². The molecule has 0 aliphatic heterocycles. The van der Waals surface area contributed by atoms with Crippen LogP contribution in [0.25, 0.3) is 0 Å². The van der Waals surface area contributed by atoms with Crippen molar-refractivity contribution in [3.05, 3.63) is 100 Å². The first-order valence-corrected chi connectivity index (χ1v) is 9.11. The quantitative estimate of drug-likeness (QED) is 0.692. The fourth-order valence-electron chi connectivity index (χ4n) is 3.19. The first kappa shape index (κ1) is 18.3. The molecule has 0 spiro atoms. The molecule has 0 aliphatic rings. The SMILES string of the molecule is Cc1cccc(CN(Cc2ccc(CN)cc2)Cc2cccc(C)n2)c1. The van der Waals surface area contributed by atoms with Crippen molar-refractivity contribution >= 4 is 0 Å². The van der Waals surface area contributed by atoms with Crippen LogP contribution in [0, 0.1) is 13.8 Å². The molecule has 0 amide bonds. The molecular formula is C23H27N3. The molecule has 0 unspecified atom stereocenters. The van der Waals surface area contributed by atoms with Gasteiger partial charge < -0.3 is 5.73 Å². The van der Waals surface area contributed by atoms with Crippen LogP contribution in [0.1, 0.15) is 33.6 Å². The van der Waals surface area contributed by atoms with E-state index in [1.165, 1.54) is 22.3 Å². The third-order valence-corrected chi connectivity index (χ3v) is 4.49. The Morgan fingerprint density at radius 3 is 2.15 bits per heavy atom. The minimum Gasteiger partial charge on any atom is -0.326 e. The summed E-state index contributed by atoms with van der Waals surface area (Å²) in [6.07, 6.45) is 0. The molecule has 0 saturated heterocycles. The molecule has 0 atom stereocenters. The number of nitrogens with two attached hydrogens (primary N) is 1. The predicted octanol–water partition coefficient (Wildman–Crippen LogP) is 4.36. The first-order chi connectivity index (χ1) is 12.6. The van der Waals surface area contributed by atoms with Gasteiger partial charge in [0.1, 0.15) is 0 Å². The molecule has 26 heavy (non-hydrogen) atoms. The van der Waals surface area contributed by atoms with Gasteiger partial charge in [-0.3, -0.25) is 9.88 Å². The van der Waals surface area contributed by atoms with Crippen LogP contribution in [-0.2, 0) is 26.2 Å². The highest BCUT2D eigenvalue weighted by molar-refractivity contribution is 5.24. The van der Waals surface area contributed by atoms with Crippen molar-refractivity contribution in [3.63, 3.8) is 0 Å². The smallest absolute Gasteiger partial charge is 0.0547 e. The van der Waals surface area contributed by atoms with Crippen molar-refractivity contribution in [2.45, 2.75) is 40.0 Å². The van der Waals surface area contributed by atoms with Gasteiger partial charge in [-0.25, -0.2) is 0 Å². The van der Waals surface area contributed by atoms with Crippen molar-refractivity contribution in [1.82, 2.24) is 9.88 Å². The second kappa shape index (κ2) is 8.75. The van der Waals surface area contributed by atoms with Crippen LogP contribution in [0.5, 0.6) is 0 Å². The molecule has 1 aromatic heterocycles. The zero-order valence-electron chi connectivity index (χ0n) is 15.7. The summed E-state index contributed by atoms with van der Waals surface area (Å²) in [4.78, 5) is 7.12. The molecule has 2 N–H and O–H groups in total. The Morgan fingerprint density at radius 1 is 0.769 bits per heavy atom. The highest BCUT2D eigenvalue weighted by Gasteiger charge is 2.10. The van der Waals surface area contributed by atoms with E-state index < -0.39 is 0 Å². The summed E-state index contributed by atoms with van der Waals surface area (Å²) in [5.74, 6) is 0. The lowest BCUT2D eigenvalue weighted by Crippen LogP contribution is -2.23. The second-order valence-corrected chi connectivity index (χ2v) is 6.93. The number of aromatic nitrogens is 1. The molecule has 3 rings (SSSR count). The molecule has 3 nitrogen and oxygen atoms in total. The van der Waals surface area contributed by atoms with Crippen molar-refractivity contribution in [3.8, 4) is 0 Å². The molecule has 0 saturated carbocycles. The van der Waals surface area contributed by atoms with Crippen LogP contribution in [0.4, 0.5) is 0 Å². The number of benzene rings is 2. The van der Waals surface area contributed by atoms with Crippen LogP contribution < -0.4 is 5.73 Å². The van der Waals surface area contributed by atoms with Gasteiger partial charge in [0.25, 0.3) is 0 Å². The number of hydrogen-bond donors (Lipinski definition) is 1. The Hall–Kier alpha value is -2.49. The van der Waals surface area contributed by atoms with Gasteiger partial charge in [-0.15, -0.1) is 0 Å². The number of aryl methyl sites for hydroxylation is 2. The van der Waals surface area contributed by atoms with Crippen molar-refractivity contribution < 1.29 is 0 Å². The lowest BCUT2D eigenvalue weighted by molar-refractivity contribution is 0.244. The van der Waals surface area contributed by atoms with Crippen LogP contribution in [-0.4, -0.2) is 9.88 Å². The third-order valence-electron chi connectivity index (χ3n) is 4.49. The monoisotopic (exact) mass is 345 g/mol. The minimum atomic E-state index is 0.584. The van der Waals surface area contributed by atoms with Gasteiger partial charge in [0, 0.05) is 31.9 Å². The molecule has 3 aromatic rings. The molecule has 0 bridgehead atoms. The molecular weight excluding hydrogens is 318 g/mol. The van der Waals surface area contributed by atoms with Crippen LogP contribution in [0.3, 0.4) is 0 Å². The van der Waals surface area contributed by atoms with Gasteiger partial charge in [-0.05, 0) is 42.7 Å². The number of rotatable bonds is 7. The van der Waals surface area contributed by atoms with Crippen molar-refractivity contribution in [2.75, 3.05) is 0 Å². The van der Waals surface area contributed by atoms with Gasteiger partial charge in [0.2, 0.25) is 0 Å². The van der Waals surface area contributed by atoms with E-state index in [0.29, 0.717) is 6.54 Å². The Morgan fingerprint density at radius 2 is 1.46 bits per heavy atom. The molecule has 134 valence electrons. The third kappa shape index (κ3) is 5.25. The van der Waals surface area contributed by atoms with Gasteiger partial charge in [0.15, 0.2) is 0 Å². The van der Waals surface area contributed by atoms with E-state index >= 15 is 0 Å². The summed E-state index contributed by atoms with van der Waals surface area (Å²) in [7, 11) is 0. The zero-order chi connectivity index (χ0) is 18.4. The lowest BCUT2D eigenvalue weighted by atomic mass is 10.1. The van der Waals surface area contributed by atoms with Crippen LogP contribution in [0.2, 0.25) is 0 Å². The average molecular weight is 345 g/mol. The van der Waals surface area contributed by atoms with E-state index in [-0.39, 0.29) is 0 Å². The Balaban J connectivity index is 1.79. The Labute approximate surface area is 156 Å². The summed E-state index contributed by atoms with van der Waals surface area (Å²) < 4.78 is 0. The Bertz CT molecular complexity index is 793. The summed E-state index contributed by atoms with van der Waals surface area (Å²) >= 11 is 0. The summed E-state index contributed by atoms with van der Waals surface area (Å²) in [6.45, 7) is 7.38. The molecule has 0 aliphatic carbocycles. The van der Waals surface area contributed by atoms with Gasteiger partial charge in [0.05, 0.1) is 5.69 Å². The van der Waals surface area contributed by atoms with Gasteiger partial charge in [-0.2, -0.15) is 0 Å². The largest absolute Gasteiger partial charge is 0.326 e. The topological polar surface area (TPSA) is 42.1 Å². The lowest BCUT2D eigenvalue weighted by Gasteiger charge is -2.23. The molecule has 0 radical (unpaired) electrons. The Kier molecular flexibility index (Phi) is 6.16. The van der Waals surface area contributed by atoms with Gasteiger partial charge >= 0.3 is 0 Å². The summed E-state index contributed by atoms with van der Waals surface area (Å²) in [5.41, 5.74) is 13.0. The predicted molar refractivity (Wildman–Crippen MR) is 107 cm³/mol.